The minimum Gasteiger partial charge on any atom is -0.405 e. The molecule has 8 heterocycles. The summed E-state index contributed by atoms with van der Waals surface area (Å²) in [5.74, 6) is -3.51. The first-order valence-electron chi connectivity index (χ1n) is 47.6. The Hall–Kier alpha value is -17.3. The number of hydrogen-bond acceptors (Lipinski definition) is 17. The van der Waals surface area contributed by atoms with E-state index in [4.69, 9.17) is 37.9 Å². The summed E-state index contributed by atoms with van der Waals surface area (Å²) in [6.07, 6.45) is 30.7. The molecule has 742 valence electrons. The molecule has 1 N–H and O–H groups in total. The molecule has 16 aromatic rings. The molecule has 8 aromatic carbocycles. The first-order chi connectivity index (χ1) is 70.6. The van der Waals surface area contributed by atoms with E-state index in [1.807, 2.05) is 524 Å². The number of carbonyl (C=O) groups is 8. The fourth-order valence-electron chi connectivity index (χ4n) is 13.4. The van der Waals surface area contributed by atoms with E-state index >= 15 is 0 Å². The number of benzene rings is 8. The van der Waals surface area contributed by atoms with Crippen LogP contribution < -0.4 is 36.5 Å². The lowest BCUT2D eigenvalue weighted by Crippen LogP contribution is -2.40. The maximum Gasteiger partial charge on any atom is 0.347 e. The highest BCUT2D eigenvalue weighted by Crippen LogP contribution is 2.25. The van der Waals surface area contributed by atoms with Gasteiger partial charge in [0.1, 0.15) is 0 Å². The van der Waals surface area contributed by atoms with E-state index in [0.29, 0.717) is 12.0 Å². The van der Waals surface area contributed by atoms with Gasteiger partial charge in [0.15, 0.2) is 105 Å². The Balaban J connectivity index is 0.000000185. The van der Waals surface area contributed by atoms with Crippen molar-refractivity contribution in [3.05, 3.63) is 532 Å². The third-order valence-corrected chi connectivity index (χ3v) is 22.2. The number of aliphatic hydroxyl groups is 1. The van der Waals surface area contributed by atoms with Crippen molar-refractivity contribution >= 4 is 47.8 Å². The molecule has 0 spiro atoms. The minimum atomic E-state index is -1.64. The predicted molar refractivity (Wildman–Crippen MR) is 542 cm³/mol. The molecule has 0 radical (unpaired) electrons. The van der Waals surface area contributed by atoms with Crippen molar-refractivity contribution in [1.29, 1.82) is 0 Å². The van der Waals surface area contributed by atoms with E-state index in [1.165, 1.54) is 6.92 Å². The molecule has 8 aromatic heterocycles. The van der Waals surface area contributed by atoms with Gasteiger partial charge < -0.3 is 43.0 Å². The van der Waals surface area contributed by atoms with E-state index in [-0.39, 0.29) is 131 Å². The summed E-state index contributed by atoms with van der Waals surface area (Å²) < 4.78 is 56.4. The predicted octanol–water partition coefficient (Wildman–Crippen LogP) is 17.2. The van der Waals surface area contributed by atoms with E-state index in [9.17, 15) is 43.5 Å². The van der Waals surface area contributed by atoms with Gasteiger partial charge in [-0.1, -0.05) is 298 Å². The fraction of sp³-hybridized carbons (Fsp3) is 0.200. The van der Waals surface area contributed by atoms with Gasteiger partial charge in [0.25, 0.3) is 53.8 Å². The van der Waals surface area contributed by atoms with Crippen LogP contribution in [0.25, 0.3) is 0 Å². The average molecular weight is 1950 g/mol. The summed E-state index contributed by atoms with van der Waals surface area (Å²) in [5, 5.41) is 10.2. The number of aromatic nitrogens is 8. The largest absolute Gasteiger partial charge is 0.405 e. The van der Waals surface area contributed by atoms with Gasteiger partial charge in [-0.3, -0.25) is 33.6 Å². The molecule has 0 unspecified atom stereocenters. The molecule has 145 heavy (non-hydrogen) atoms. The van der Waals surface area contributed by atoms with Gasteiger partial charge >= 0.3 is 47.8 Å². The third kappa shape index (κ3) is 41.9. The summed E-state index contributed by atoms with van der Waals surface area (Å²) in [7, 11) is 0. The molecule has 0 bridgehead atoms. The van der Waals surface area contributed by atoms with Crippen molar-refractivity contribution in [2.24, 2.45) is 0 Å². The second kappa shape index (κ2) is 64.1. The van der Waals surface area contributed by atoms with Gasteiger partial charge in [-0.15, -0.1) is 0 Å². The van der Waals surface area contributed by atoms with Crippen molar-refractivity contribution < 1.29 is 118 Å². The number of pyridine rings is 8. The molecule has 0 saturated heterocycles. The van der Waals surface area contributed by atoms with Crippen LogP contribution >= 0.6 is 0 Å². The molecule has 0 fully saturated rings. The fourth-order valence-corrected chi connectivity index (χ4v) is 13.4. The zero-order valence-electron chi connectivity index (χ0n) is 82.8. The van der Waals surface area contributed by atoms with Gasteiger partial charge in [-0.05, 0) is 92.5 Å². The minimum absolute atomic E-state index is 0.0721. The molecule has 0 aliphatic heterocycles. The zero-order chi connectivity index (χ0) is 103. The van der Waals surface area contributed by atoms with Crippen molar-refractivity contribution in [3.8, 4) is 0 Å². The second-order valence-corrected chi connectivity index (χ2v) is 33.0. The van der Waals surface area contributed by atoms with Crippen molar-refractivity contribution in [2.75, 3.05) is 0 Å². The molecular formula is C120H128N8O17+8. The monoisotopic (exact) mass is 1950 g/mol. The van der Waals surface area contributed by atoms with Crippen LogP contribution in [0.1, 0.15) is 135 Å². The van der Waals surface area contributed by atoms with E-state index in [1.54, 1.807) is 41.2 Å². The highest BCUT2D eigenvalue weighted by molar-refractivity contribution is 5.81. The third-order valence-electron chi connectivity index (χ3n) is 22.2. The van der Waals surface area contributed by atoms with Crippen LogP contribution in [0, 0.1) is 0 Å². The SMILES string of the molecule is CC[C@@H](C(=O)OC[n+]1ccccc1)c1ccccc1.C[C@@H](C(=O)OC[n+]1ccccc1)c1ccccc1.C[C@@H](C(=O)OC[n+]1ccccc1)c1ccccc1.C[C@@H](C(=O)OC[n+]1ccccc1)c1ccccc1.C[C@@H](C(=O)OC[n+]1ccccc1)c1ccccc1.C[C@H](C(=O)OC[n+]1ccccc1)c1ccccc1.C[C@](O)(C(=O)OC[n+]1ccccc1)c1ccccc1.O=C(Cc1ccccc1)OC[n+]1ccccc1. The van der Waals surface area contributed by atoms with E-state index < -0.39 is 11.6 Å². The molecule has 25 nitrogen and oxygen atoms in total. The topological polar surface area (TPSA) is 262 Å². The second-order valence-electron chi connectivity index (χ2n) is 33.0. The highest BCUT2D eigenvalue weighted by atomic mass is 16.6. The lowest BCUT2D eigenvalue weighted by molar-refractivity contribution is -0.728. The summed E-state index contributed by atoms with van der Waals surface area (Å²) >= 11 is 0. The quantitative estimate of drug-likeness (QED) is 0.0228. The molecule has 0 amide bonds. The van der Waals surface area contributed by atoms with Gasteiger partial charge in [0.2, 0.25) is 0 Å². The highest BCUT2D eigenvalue weighted by Gasteiger charge is 2.35. The van der Waals surface area contributed by atoms with E-state index in [0.717, 1.165) is 45.4 Å². The van der Waals surface area contributed by atoms with Gasteiger partial charge in [-0.2, -0.15) is 36.5 Å². The normalized spacial score (nSPS) is 11.8. The van der Waals surface area contributed by atoms with Crippen LogP contribution in [0.3, 0.4) is 0 Å². The molecule has 25 heteroatoms. The Labute approximate surface area is 848 Å². The van der Waals surface area contributed by atoms with Crippen molar-refractivity contribution in [2.45, 2.75) is 156 Å². The van der Waals surface area contributed by atoms with E-state index in [2.05, 4.69) is 0 Å². The van der Waals surface area contributed by atoms with Crippen molar-refractivity contribution in [3.63, 3.8) is 0 Å². The number of ether oxygens (including phenoxy) is 8. The Morgan fingerprint density at radius 1 is 0.228 bits per heavy atom. The van der Waals surface area contributed by atoms with Gasteiger partial charge in [0, 0.05) is 97.1 Å². The lowest BCUT2D eigenvalue weighted by atomic mass is 9.96. The van der Waals surface area contributed by atoms with Crippen LogP contribution in [0.5, 0.6) is 0 Å². The Morgan fingerprint density at radius 3 is 0.614 bits per heavy atom. The first-order valence-corrected chi connectivity index (χ1v) is 47.6. The lowest BCUT2D eigenvalue weighted by Gasteiger charge is -2.20. The number of rotatable bonds is 33. The first kappa shape index (κ1) is 111. The zero-order valence-corrected chi connectivity index (χ0v) is 82.8. The summed E-state index contributed by atoms with van der Waals surface area (Å²) in [4.78, 5) is 95.0. The Bertz CT molecular complexity index is 5780. The number of carbonyl (C=O) groups excluding carboxylic acids is 8. The molecule has 16 rings (SSSR count). The van der Waals surface area contributed by atoms with Gasteiger partial charge in [0.05, 0.1) is 41.9 Å². The van der Waals surface area contributed by atoms with Crippen LogP contribution in [0.15, 0.2) is 487 Å². The van der Waals surface area contributed by atoms with Gasteiger partial charge in [-0.25, -0.2) is 4.79 Å². The van der Waals surface area contributed by atoms with Crippen LogP contribution in [-0.4, -0.2) is 52.9 Å². The van der Waals surface area contributed by atoms with Crippen LogP contribution in [-0.2, 0) is 142 Å². The summed E-state index contributed by atoms with van der Waals surface area (Å²) in [6.45, 7) is 14.5. The molecule has 7 atom stereocenters. The Kier molecular flexibility index (Phi) is 49.2. The maximum atomic E-state index is 12.1. The summed E-state index contributed by atoms with van der Waals surface area (Å²) in [5.41, 5.74) is 5.71. The van der Waals surface area contributed by atoms with Crippen molar-refractivity contribution in [1.82, 2.24) is 0 Å². The average Bonchev–Trinajstić information content (AvgIpc) is 0.823. The molecule has 0 aliphatic carbocycles. The standard InChI is InChI=1S/C16H18NO2.C15H16NO3.5C15H16NO2.C14H14NO2/c1-2-15(14-9-5-3-6-10-14)16(18)19-13-17-11-7-4-8-12-17;1-15(18,13-8-4-2-5-9-13)14(17)19-12-16-10-6-3-7-11-16;5*1-13(14-8-4-2-5-9-14)15(17)18-12-16-10-6-3-7-11-16;16-14(11-13-7-3-1-4-8-13)17-12-15-9-5-2-6-10-15/h3-12,15H,2,13H2,1H3;2-11,18H,12H2,1H3;5*2-11,13H,12H2,1H3;1-10H,11-12H2/q8*+1/t2*15-;5*13-;/m1111110./s1. The Morgan fingerprint density at radius 2 is 0.400 bits per heavy atom. The smallest absolute Gasteiger partial charge is 0.347 e. The number of hydrogen-bond donors (Lipinski definition) is 1. The summed E-state index contributed by atoms with van der Waals surface area (Å²) in [6, 6.07) is 122. The van der Waals surface area contributed by atoms with Crippen LogP contribution in [0.4, 0.5) is 0 Å². The molecule has 0 saturated carbocycles. The van der Waals surface area contributed by atoms with Crippen LogP contribution in [0.2, 0.25) is 0 Å². The molecular weight excluding hydrogens is 1830 g/mol. The maximum absolute atomic E-state index is 12.1. The molecule has 0 aliphatic rings. The number of esters is 8. The number of nitrogens with zero attached hydrogens (tertiary/aromatic N) is 8.